The van der Waals surface area contributed by atoms with E-state index in [2.05, 4.69) is 334 Å². The fourth-order valence-corrected chi connectivity index (χ4v) is 19.2. The number of fused-ring (bicyclic) bond motifs is 12. The fourth-order valence-electron chi connectivity index (χ4n) is 14.4. The highest BCUT2D eigenvalue weighted by Crippen LogP contribution is 2.38. The first kappa shape index (κ1) is 50.5. The van der Waals surface area contributed by atoms with Crippen LogP contribution < -0.4 is 20.7 Å². The number of para-hydroxylation sites is 8. The molecule has 18 aromatic rings. The maximum absolute atomic E-state index is 5.68. The van der Waals surface area contributed by atoms with Crippen LogP contribution in [0.15, 0.2) is 315 Å². The van der Waals surface area contributed by atoms with Gasteiger partial charge < -0.3 is 0 Å². The first-order chi connectivity index (χ1) is 44.2. The van der Waals surface area contributed by atoms with Gasteiger partial charge in [0.05, 0.1) is 44.1 Å². The number of hydrogen-bond donors (Lipinski definition) is 0. The van der Waals surface area contributed by atoms with Crippen LogP contribution in [0.2, 0.25) is 0 Å². The Hall–Kier alpha value is -11.8. The molecule has 0 bridgehead atoms. The molecule has 0 amide bonds. The van der Waals surface area contributed by atoms with E-state index < -0.39 is 8.07 Å². The summed E-state index contributed by atoms with van der Waals surface area (Å²) in [7, 11) is -3.32. The smallest absolute Gasteiger partial charge is 0.179 e. The van der Waals surface area contributed by atoms with Crippen LogP contribution in [-0.2, 0) is 0 Å². The van der Waals surface area contributed by atoms with Crippen molar-refractivity contribution >= 4 is 116 Å². The van der Waals surface area contributed by atoms with Crippen LogP contribution in [0.25, 0.3) is 133 Å². The predicted molar refractivity (Wildman–Crippen MR) is 369 cm³/mol. The summed E-state index contributed by atoms with van der Waals surface area (Å²) in [4.78, 5) is 22.7. The van der Waals surface area contributed by atoms with E-state index in [0.717, 1.165) is 78.5 Å². The zero-order chi connectivity index (χ0) is 58.6. The monoisotopic (exact) mass is 1150 g/mol. The van der Waals surface area contributed by atoms with Crippen LogP contribution in [0.4, 0.5) is 0 Å². The van der Waals surface area contributed by atoms with E-state index in [1.54, 1.807) is 0 Å². The largest absolute Gasteiger partial charge is 0.294 e. The average Bonchev–Trinajstić information content (AvgIpc) is 1.86. The van der Waals surface area contributed by atoms with Crippen molar-refractivity contribution in [1.82, 2.24) is 38.2 Å². The van der Waals surface area contributed by atoms with Crippen molar-refractivity contribution < 1.29 is 0 Å². The lowest BCUT2D eigenvalue weighted by Gasteiger charge is -2.35. The SMILES string of the molecule is c1ccc([Si](c2ccccc2)(c2cccc(-c3nc(-n4c5ccccc5c5ccccc54)cc(-n4c5ccccc5c5ccccc54)n3)c2)c2cccc(-c3nc(-n4c5ccccc5c5ccccc54)cc(-n4c5ccccc5c5ccccc54)n3)c2)cc1. The molecule has 0 saturated carbocycles. The van der Waals surface area contributed by atoms with E-state index in [1.165, 1.54) is 63.8 Å². The van der Waals surface area contributed by atoms with Gasteiger partial charge in [-0.25, -0.2) is 19.9 Å². The van der Waals surface area contributed by atoms with Gasteiger partial charge >= 0.3 is 0 Å². The Kier molecular flexibility index (Phi) is 11.5. The molecule has 18 rings (SSSR count). The van der Waals surface area contributed by atoms with Gasteiger partial charge in [0.1, 0.15) is 23.3 Å². The summed E-state index contributed by atoms with van der Waals surface area (Å²) < 4.78 is 9.22. The maximum atomic E-state index is 5.68. The van der Waals surface area contributed by atoms with Crippen LogP contribution in [-0.4, -0.2) is 46.3 Å². The highest BCUT2D eigenvalue weighted by molar-refractivity contribution is 7.20. The van der Waals surface area contributed by atoms with Gasteiger partial charge in [-0.1, -0.05) is 255 Å². The van der Waals surface area contributed by atoms with Crippen molar-refractivity contribution in [2.75, 3.05) is 0 Å². The van der Waals surface area contributed by atoms with Gasteiger partial charge in [0.15, 0.2) is 19.7 Å². The Morgan fingerprint density at radius 2 is 0.404 bits per heavy atom. The minimum absolute atomic E-state index is 0.619. The normalized spacial score (nSPS) is 12.0. The van der Waals surface area contributed by atoms with Crippen LogP contribution in [0.3, 0.4) is 0 Å². The second-order valence-electron chi connectivity index (χ2n) is 22.9. The van der Waals surface area contributed by atoms with Crippen LogP contribution in [0, 0.1) is 0 Å². The highest BCUT2D eigenvalue weighted by Gasteiger charge is 2.42. The number of nitrogens with zero attached hydrogens (tertiary/aromatic N) is 8. The first-order valence-electron chi connectivity index (χ1n) is 30.2. The molecule has 12 aromatic carbocycles. The van der Waals surface area contributed by atoms with Crippen molar-refractivity contribution in [1.29, 1.82) is 0 Å². The molecule has 6 heterocycles. The van der Waals surface area contributed by atoms with E-state index in [9.17, 15) is 0 Å². The molecule has 89 heavy (non-hydrogen) atoms. The molecule has 0 aliphatic carbocycles. The molecular weight excluding hydrogens is 1100 g/mol. The van der Waals surface area contributed by atoms with Gasteiger partial charge in [-0.15, -0.1) is 0 Å². The van der Waals surface area contributed by atoms with Crippen LogP contribution in [0.5, 0.6) is 0 Å². The van der Waals surface area contributed by atoms with E-state index in [0.29, 0.717) is 11.6 Å². The third-order valence-electron chi connectivity index (χ3n) is 18.2. The van der Waals surface area contributed by atoms with Gasteiger partial charge in [-0.3, -0.25) is 18.3 Å². The number of hydrogen-bond acceptors (Lipinski definition) is 4. The summed E-state index contributed by atoms with van der Waals surface area (Å²) in [6.07, 6.45) is 0. The zero-order valence-electron chi connectivity index (χ0n) is 48.1. The average molecular weight is 1150 g/mol. The Bertz CT molecular complexity index is 5000. The Morgan fingerprint density at radius 3 is 0.652 bits per heavy atom. The quantitative estimate of drug-likeness (QED) is 0.101. The molecule has 8 nitrogen and oxygen atoms in total. The lowest BCUT2D eigenvalue weighted by molar-refractivity contribution is 0.994. The molecule has 0 aliphatic rings. The van der Waals surface area contributed by atoms with E-state index in [-0.39, 0.29) is 0 Å². The first-order valence-corrected chi connectivity index (χ1v) is 32.2. The minimum atomic E-state index is -3.32. The molecule has 0 atom stereocenters. The van der Waals surface area contributed by atoms with Gasteiger partial charge in [0.25, 0.3) is 0 Å². The summed E-state index contributed by atoms with van der Waals surface area (Å²) >= 11 is 0. The number of rotatable bonds is 10. The van der Waals surface area contributed by atoms with E-state index >= 15 is 0 Å². The number of aromatic nitrogens is 8. The Morgan fingerprint density at radius 1 is 0.191 bits per heavy atom. The highest BCUT2D eigenvalue weighted by atomic mass is 28.3. The topological polar surface area (TPSA) is 71.3 Å². The zero-order valence-corrected chi connectivity index (χ0v) is 49.1. The molecule has 9 heteroatoms. The van der Waals surface area contributed by atoms with Crippen molar-refractivity contribution in [3.8, 4) is 46.0 Å². The summed E-state index contributed by atoms with van der Waals surface area (Å²) in [5.41, 5.74) is 10.4. The molecule has 0 unspecified atom stereocenters. The lowest BCUT2D eigenvalue weighted by atomic mass is 10.2. The molecule has 0 saturated heterocycles. The molecular formula is C80H52N8Si. The van der Waals surface area contributed by atoms with Gasteiger partial charge in [0.2, 0.25) is 0 Å². The van der Waals surface area contributed by atoms with Gasteiger partial charge in [-0.05, 0) is 69.3 Å². The third kappa shape index (κ3) is 7.79. The molecule has 416 valence electrons. The van der Waals surface area contributed by atoms with Crippen molar-refractivity contribution in [3.63, 3.8) is 0 Å². The van der Waals surface area contributed by atoms with Crippen LogP contribution in [0.1, 0.15) is 0 Å². The lowest BCUT2D eigenvalue weighted by Crippen LogP contribution is -2.74. The number of benzene rings is 12. The summed E-state index contributed by atoms with van der Waals surface area (Å²) in [6.45, 7) is 0. The van der Waals surface area contributed by atoms with Crippen molar-refractivity contribution in [2.24, 2.45) is 0 Å². The molecule has 0 spiro atoms. The van der Waals surface area contributed by atoms with Crippen molar-refractivity contribution in [3.05, 3.63) is 315 Å². The summed E-state index contributed by atoms with van der Waals surface area (Å²) in [5.74, 6) is 4.35. The summed E-state index contributed by atoms with van der Waals surface area (Å²) in [5, 5.41) is 14.2. The molecule has 0 fully saturated rings. The Labute approximate surface area is 512 Å². The fraction of sp³-hybridized carbons (Fsp3) is 0. The second kappa shape index (κ2) is 20.2. The third-order valence-corrected chi connectivity index (χ3v) is 22.9. The van der Waals surface area contributed by atoms with Gasteiger partial charge in [0, 0.05) is 66.3 Å². The van der Waals surface area contributed by atoms with E-state index in [1.807, 2.05) is 0 Å². The second-order valence-corrected chi connectivity index (χ2v) is 26.7. The van der Waals surface area contributed by atoms with Crippen molar-refractivity contribution in [2.45, 2.75) is 0 Å². The maximum Gasteiger partial charge on any atom is 0.179 e. The summed E-state index contributed by atoms with van der Waals surface area (Å²) in [6, 6.07) is 114. The minimum Gasteiger partial charge on any atom is -0.294 e. The van der Waals surface area contributed by atoms with Gasteiger partial charge in [-0.2, -0.15) is 0 Å². The molecule has 6 aromatic heterocycles. The Balaban J connectivity index is 0.885. The van der Waals surface area contributed by atoms with E-state index in [4.69, 9.17) is 19.9 Å². The molecule has 0 N–H and O–H groups in total. The molecule has 0 radical (unpaired) electrons. The van der Waals surface area contributed by atoms with Crippen LogP contribution >= 0.6 is 0 Å². The predicted octanol–water partition coefficient (Wildman–Crippen LogP) is 16.4. The molecule has 0 aliphatic heterocycles. The standard InChI is InChI=1S/C80H52N8Si/c1-3-27-55(28-4-1)89(56-29-5-2-6-30-56,57-31-23-25-53(49-57)79-81-75(85-67-41-15-7-33-59(67)60-34-8-16-42-68(60)85)51-76(82-79)86-69-43-17-9-35-61(69)62-36-10-18-44-70(62)86)58-32-24-26-54(50-58)80-83-77(87-71-45-19-11-37-63(71)64-38-12-20-46-72(64)87)52-78(84-80)88-73-47-21-13-39-65(73)66-40-14-22-48-74(66)88/h1-52H.